The van der Waals surface area contributed by atoms with Crippen LogP contribution in [0.1, 0.15) is 15.9 Å². The summed E-state index contributed by atoms with van der Waals surface area (Å²) in [5.74, 6) is -0.486. The van der Waals surface area contributed by atoms with Gasteiger partial charge in [-0.15, -0.1) is 0 Å². The lowest BCUT2D eigenvalue weighted by molar-refractivity contribution is -0.120. The first-order chi connectivity index (χ1) is 11.6. The normalized spacial score (nSPS) is 15.9. The van der Waals surface area contributed by atoms with E-state index in [0.717, 1.165) is 22.2 Å². The van der Waals surface area contributed by atoms with Crippen molar-refractivity contribution in [3.05, 3.63) is 70.6 Å². The third kappa shape index (κ3) is 3.11. The van der Waals surface area contributed by atoms with Gasteiger partial charge in [-0.25, -0.2) is 4.90 Å². The second kappa shape index (κ2) is 6.98. The predicted octanol–water partition coefficient (Wildman–Crippen LogP) is 3.74. The summed E-state index contributed by atoms with van der Waals surface area (Å²) in [6.07, 6.45) is 1.73. The van der Waals surface area contributed by atoms with Gasteiger partial charge >= 0.3 is 0 Å². The summed E-state index contributed by atoms with van der Waals surface area (Å²) in [5, 5.41) is 0. The molecule has 2 aromatic rings. The first-order valence-electron chi connectivity index (χ1n) is 7.12. The zero-order valence-corrected chi connectivity index (χ0v) is 14.4. The number of hydrogen-bond acceptors (Lipinski definition) is 5. The van der Waals surface area contributed by atoms with Crippen molar-refractivity contribution in [1.82, 2.24) is 4.90 Å². The molecule has 1 aliphatic heterocycles. The topological polar surface area (TPSA) is 46.6 Å². The van der Waals surface area contributed by atoms with Gasteiger partial charge in [-0.05, 0) is 23.8 Å². The molecule has 2 aromatic carbocycles. The second-order valence-electron chi connectivity index (χ2n) is 4.93. The highest BCUT2D eigenvalue weighted by molar-refractivity contribution is 8.26. The number of carbonyl (C=O) groups excluding carboxylic acids is 2. The van der Waals surface area contributed by atoms with Gasteiger partial charge in [0.15, 0.2) is 4.32 Å². The van der Waals surface area contributed by atoms with Gasteiger partial charge in [0.1, 0.15) is 5.75 Å². The Labute approximate surface area is 149 Å². The molecule has 0 spiro atoms. The molecule has 6 heteroatoms. The van der Waals surface area contributed by atoms with Gasteiger partial charge in [-0.1, -0.05) is 66.4 Å². The van der Waals surface area contributed by atoms with Gasteiger partial charge in [0, 0.05) is 0 Å². The largest absolute Gasteiger partial charge is 0.496 e. The molecule has 0 aromatic heterocycles. The maximum Gasteiger partial charge on any atom is 0.273 e. The molecule has 0 N–H and O–H groups in total. The van der Waals surface area contributed by atoms with Crippen LogP contribution in [-0.4, -0.2) is 28.1 Å². The Morgan fingerprint density at radius 3 is 2.50 bits per heavy atom. The number of para-hydroxylation sites is 1. The molecule has 2 amide bonds. The highest BCUT2D eigenvalue weighted by atomic mass is 32.2. The highest BCUT2D eigenvalue weighted by Crippen LogP contribution is 2.34. The number of rotatable bonds is 3. The van der Waals surface area contributed by atoms with E-state index in [1.807, 2.05) is 30.3 Å². The van der Waals surface area contributed by atoms with Gasteiger partial charge in [0.25, 0.3) is 11.8 Å². The maximum absolute atomic E-state index is 12.7. The molecule has 0 atom stereocenters. The number of thiocarbonyl (C=S) groups is 1. The number of methoxy groups -OCH3 is 1. The molecule has 1 aliphatic rings. The van der Waals surface area contributed by atoms with E-state index in [4.69, 9.17) is 17.0 Å². The number of imide groups is 1. The maximum atomic E-state index is 12.7. The molecule has 0 radical (unpaired) electrons. The highest BCUT2D eigenvalue weighted by Gasteiger charge is 2.38. The van der Waals surface area contributed by atoms with Crippen molar-refractivity contribution in [2.75, 3.05) is 7.11 Å². The van der Waals surface area contributed by atoms with Crippen LogP contribution in [-0.2, 0) is 4.79 Å². The summed E-state index contributed by atoms with van der Waals surface area (Å²) < 4.78 is 5.42. The second-order valence-corrected chi connectivity index (χ2v) is 6.61. The van der Waals surface area contributed by atoms with Crippen molar-refractivity contribution in [3.8, 4) is 5.75 Å². The number of nitrogens with zero attached hydrogens (tertiary/aromatic N) is 1. The fourth-order valence-corrected chi connectivity index (χ4v) is 3.54. The SMILES string of the molecule is COc1ccccc1C(=O)N1C(=O)C(=Cc2ccccc2)SC1=S. The van der Waals surface area contributed by atoms with Gasteiger partial charge in [-0.2, -0.15) is 0 Å². The molecular weight excluding hydrogens is 342 g/mol. The Balaban J connectivity index is 1.92. The minimum Gasteiger partial charge on any atom is -0.496 e. The van der Waals surface area contributed by atoms with Crippen LogP contribution in [0.25, 0.3) is 6.08 Å². The van der Waals surface area contributed by atoms with Gasteiger partial charge in [0.2, 0.25) is 0 Å². The number of amides is 2. The zero-order valence-electron chi connectivity index (χ0n) is 12.8. The molecule has 24 heavy (non-hydrogen) atoms. The standard InChI is InChI=1S/C18H13NO3S2/c1-22-14-10-6-5-9-13(14)16(20)19-17(21)15(24-18(19)23)11-12-7-3-2-4-8-12/h2-11H,1H3. The van der Waals surface area contributed by atoms with E-state index in [0.29, 0.717) is 16.2 Å². The number of carbonyl (C=O) groups is 2. The Bertz CT molecular complexity index is 846. The van der Waals surface area contributed by atoms with Crippen LogP contribution >= 0.6 is 24.0 Å². The molecule has 1 heterocycles. The number of benzene rings is 2. The predicted molar refractivity (Wildman–Crippen MR) is 98.8 cm³/mol. The van der Waals surface area contributed by atoms with E-state index in [9.17, 15) is 9.59 Å². The fourth-order valence-electron chi connectivity index (χ4n) is 2.29. The number of hydrogen-bond donors (Lipinski definition) is 0. The third-order valence-electron chi connectivity index (χ3n) is 3.43. The Morgan fingerprint density at radius 1 is 1.12 bits per heavy atom. The van der Waals surface area contributed by atoms with Crippen LogP contribution in [0, 0.1) is 0 Å². The van der Waals surface area contributed by atoms with E-state index in [-0.39, 0.29) is 4.32 Å². The van der Waals surface area contributed by atoms with Crippen LogP contribution in [0.15, 0.2) is 59.5 Å². The molecule has 0 aliphatic carbocycles. The van der Waals surface area contributed by atoms with E-state index in [2.05, 4.69) is 0 Å². The van der Waals surface area contributed by atoms with Crippen LogP contribution in [0.3, 0.4) is 0 Å². The Hall–Kier alpha value is -2.44. The molecule has 3 rings (SSSR count). The monoisotopic (exact) mass is 355 g/mol. The van der Waals surface area contributed by atoms with Crippen LogP contribution in [0.4, 0.5) is 0 Å². The molecule has 0 bridgehead atoms. The van der Waals surface area contributed by atoms with E-state index in [1.165, 1.54) is 7.11 Å². The lowest BCUT2D eigenvalue weighted by Crippen LogP contribution is -2.34. The molecular formula is C18H13NO3S2. The summed E-state index contributed by atoms with van der Waals surface area (Å²) in [5.41, 5.74) is 1.18. The first kappa shape index (κ1) is 16.4. The lowest BCUT2D eigenvalue weighted by Gasteiger charge is -2.14. The van der Waals surface area contributed by atoms with Crippen molar-refractivity contribution in [3.63, 3.8) is 0 Å². The molecule has 1 saturated heterocycles. The van der Waals surface area contributed by atoms with Crippen LogP contribution < -0.4 is 4.74 Å². The van der Waals surface area contributed by atoms with Crippen LogP contribution in [0.2, 0.25) is 0 Å². The Morgan fingerprint density at radius 2 is 1.79 bits per heavy atom. The van der Waals surface area contributed by atoms with Gasteiger partial charge in [-0.3, -0.25) is 9.59 Å². The average molecular weight is 355 g/mol. The summed E-state index contributed by atoms with van der Waals surface area (Å²) >= 11 is 6.35. The lowest BCUT2D eigenvalue weighted by atomic mass is 10.1. The molecule has 0 saturated carbocycles. The third-order valence-corrected chi connectivity index (χ3v) is 4.73. The fraction of sp³-hybridized carbons (Fsp3) is 0.0556. The van der Waals surface area contributed by atoms with Crippen molar-refractivity contribution >= 4 is 46.2 Å². The van der Waals surface area contributed by atoms with Crippen molar-refractivity contribution in [2.45, 2.75) is 0 Å². The van der Waals surface area contributed by atoms with Gasteiger partial charge < -0.3 is 4.74 Å². The minimum atomic E-state index is -0.480. The zero-order chi connectivity index (χ0) is 17.1. The van der Waals surface area contributed by atoms with Crippen LogP contribution in [0.5, 0.6) is 5.75 Å². The summed E-state index contributed by atoms with van der Waals surface area (Å²) in [7, 11) is 1.48. The first-order valence-corrected chi connectivity index (χ1v) is 8.34. The summed E-state index contributed by atoms with van der Waals surface area (Å²) in [6.45, 7) is 0. The van der Waals surface area contributed by atoms with Crippen molar-refractivity contribution in [1.29, 1.82) is 0 Å². The summed E-state index contributed by atoms with van der Waals surface area (Å²) in [6, 6.07) is 16.2. The molecule has 120 valence electrons. The van der Waals surface area contributed by atoms with Gasteiger partial charge in [0.05, 0.1) is 17.6 Å². The molecule has 4 nitrogen and oxygen atoms in total. The minimum absolute atomic E-state index is 0.220. The molecule has 0 unspecified atom stereocenters. The van der Waals surface area contributed by atoms with Crippen molar-refractivity contribution < 1.29 is 14.3 Å². The quantitative estimate of drug-likeness (QED) is 0.477. The average Bonchev–Trinajstić information content (AvgIpc) is 2.89. The summed E-state index contributed by atoms with van der Waals surface area (Å²) in [4.78, 5) is 26.8. The van der Waals surface area contributed by atoms with E-state index < -0.39 is 11.8 Å². The molecule has 1 fully saturated rings. The Kier molecular flexibility index (Phi) is 4.78. The van der Waals surface area contributed by atoms with E-state index >= 15 is 0 Å². The number of ether oxygens (including phenoxy) is 1. The smallest absolute Gasteiger partial charge is 0.273 e. The van der Waals surface area contributed by atoms with E-state index in [1.54, 1.807) is 30.3 Å². The number of thioether (sulfide) groups is 1. The van der Waals surface area contributed by atoms with Crippen molar-refractivity contribution in [2.24, 2.45) is 0 Å².